The normalized spacial score (nSPS) is 25.4. The van der Waals surface area contributed by atoms with Crippen molar-refractivity contribution < 1.29 is 9.53 Å². The van der Waals surface area contributed by atoms with Gasteiger partial charge in [-0.05, 0) is 18.4 Å². The number of alkyl halides is 1. The van der Waals surface area contributed by atoms with Crippen LogP contribution in [-0.2, 0) is 9.53 Å². The van der Waals surface area contributed by atoms with Gasteiger partial charge < -0.3 is 4.74 Å². The summed E-state index contributed by atoms with van der Waals surface area (Å²) in [6, 6.07) is 9.92. The van der Waals surface area contributed by atoms with Crippen LogP contribution in [0.25, 0.3) is 0 Å². The fraction of sp³-hybridized carbons (Fsp3) is 0.533. The maximum Gasteiger partial charge on any atom is 0.303 e. The molecule has 0 spiro atoms. The standard InChI is InChI=1S/C15H19ClO2/c1-11(17)18-15(12-7-3-2-4-8-12)13-9-5-6-10-14(13)16/h2-4,7-8,13-15H,5-6,9-10H2,1H3/t13-,14-,15-/m1/s1. The van der Waals surface area contributed by atoms with Gasteiger partial charge in [-0.25, -0.2) is 0 Å². The highest BCUT2D eigenvalue weighted by Gasteiger charge is 2.33. The number of ether oxygens (including phenoxy) is 1. The molecule has 1 aromatic rings. The predicted molar refractivity (Wildman–Crippen MR) is 72.5 cm³/mol. The Hall–Kier alpha value is -1.02. The summed E-state index contributed by atoms with van der Waals surface area (Å²) < 4.78 is 5.52. The first-order valence-corrected chi connectivity index (χ1v) is 6.98. The minimum absolute atomic E-state index is 0.100. The summed E-state index contributed by atoms with van der Waals surface area (Å²) in [7, 11) is 0. The van der Waals surface area contributed by atoms with Crippen molar-refractivity contribution in [1.29, 1.82) is 0 Å². The largest absolute Gasteiger partial charge is 0.457 e. The Kier molecular flexibility index (Phi) is 4.65. The highest BCUT2D eigenvalue weighted by Crippen LogP contribution is 2.39. The third-order valence-corrected chi connectivity index (χ3v) is 4.08. The zero-order chi connectivity index (χ0) is 13.0. The summed E-state index contributed by atoms with van der Waals surface area (Å²) in [6.45, 7) is 1.46. The molecule has 1 aromatic carbocycles. The van der Waals surface area contributed by atoms with E-state index < -0.39 is 0 Å². The van der Waals surface area contributed by atoms with E-state index in [9.17, 15) is 4.79 Å². The maximum atomic E-state index is 11.3. The first-order valence-electron chi connectivity index (χ1n) is 6.54. The molecule has 0 unspecified atom stereocenters. The van der Waals surface area contributed by atoms with Crippen LogP contribution < -0.4 is 0 Å². The van der Waals surface area contributed by atoms with Crippen molar-refractivity contribution in [2.24, 2.45) is 5.92 Å². The molecule has 0 aliphatic heterocycles. The Morgan fingerprint density at radius 2 is 1.94 bits per heavy atom. The average molecular weight is 267 g/mol. The highest BCUT2D eigenvalue weighted by molar-refractivity contribution is 6.20. The summed E-state index contributed by atoms with van der Waals surface area (Å²) >= 11 is 6.42. The first-order chi connectivity index (χ1) is 8.68. The summed E-state index contributed by atoms with van der Waals surface area (Å²) in [5.41, 5.74) is 1.05. The molecule has 1 fully saturated rings. The number of rotatable bonds is 3. The lowest BCUT2D eigenvalue weighted by Crippen LogP contribution is -2.29. The maximum absolute atomic E-state index is 11.3. The topological polar surface area (TPSA) is 26.3 Å². The summed E-state index contributed by atoms with van der Waals surface area (Å²) in [5.74, 6) is -0.00925. The van der Waals surface area contributed by atoms with Crippen LogP contribution in [-0.4, -0.2) is 11.3 Å². The molecule has 2 nitrogen and oxygen atoms in total. The molecule has 0 saturated heterocycles. The third-order valence-electron chi connectivity index (χ3n) is 3.54. The second kappa shape index (κ2) is 6.24. The molecule has 0 amide bonds. The molecule has 3 heteroatoms. The van der Waals surface area contributed by atoms with Crippen LogP contribution in [0.15, 0.2) is 30.3 Å². The van der Waals surface area contributed by atoms with Crippen LogP contribution in [0, 0.1) is 5.92 Å². The van der Waals surface area contributed by atoms with Crippen molar-refractivity contribution in [3.63, 3.8) is 0 Å². The van der Waals surface area contributed by atoms with Crippen LogP contribution in [0.4, 0.5) is 0 Å². The molecule has 0 bridgehead atoms. The highest BCUT2D eigenvalue weighted by atomic mass is 35.5. The fourth-order valence-corrected chi connectivity index (χ4v) is 3.09. The van der Waals surface area contributed by atoms with E-state index in [4.69, 9.17) is 16.3 Å². The number of carbonyl (C=O) groups is 1. The number of carbonyl (C=O) groups excluding carboxylic acids is 1. The van der Waals surface area contributed by atoms with Gasteiger partial charge in [-0.15, -0.1) is 11.6 Å². The molecule has 0 heterocycles. The lowest BCUT2D eigenvalue weighted by atomic mass is 9.82. The van der Waals surface area contributed by atoms with Gasteiger partial charge in [0.25, 0.3) is 0 Å². The second-order valence-electron chi connectivity index (χ2n) is 4.91. The van der Waals surface area contributed by atoms with Crippen LogP contribution in [0.2, 0.25) is 0 Å². The predicted octanol–water partition coefficient (Wildman–Crippen LogP) is 4.09. The van der Waals surface area contributed by atoms with Gasteiger partial charge in [-0.1, -0.05) is 43.2 Å². The molecule has 1 saturated carbocycles. The van der Waals surface area contributed by atoms with E-state index in [1.807, 2.05) is 30.3 Å². The lowest BCUT2D eigenvalue weighted by molar-refractivity contribution is -0.150. The average Bonchev–Trinajstić information content (AvgIpc) is 2.38. The van der Waals surface area contributed by atoms with Crippen molar-refractivity contribution in [3.05, 3.63) is 35.9 Å². The SMILES string of the molecule is CC(=O)O[C@H](c1ccccc1)[C@@H]1CCCC[C@H]1Cl. The molecule has 98 valence electrons. The summed E-state index contributed by atoms with van der Waals surface area (Å²) in [6.07, 6.45) is 4.18. The van der Waals surface area contributed by atoms with Crippen molar-refractivity contribution in [2.75, 3.05) is 0 Å². The van der Waals surface area contributed by atoms with Gasteiger partial charge in [0.15, 0.2) is 0 Å². The summed E-state index contributed by atoms with van der Waals surface area (Å²) in [5, 5.41) is 0.100. The van der Waals surface area contributed by atoms with Gasteiger partial charge in [-0.2, -0.15) is 0 Å². The van der Waals surface area contributed by atoms with E-state index in [-0.39, 0.29) is 23.4 Å². The van der Waals surface area contributed by atoms with Gasteiger partial charge in [0.2, 0.25) is 0 Å². The van der Waals surface area contributed by atoms with E-state index in [1.54, 1.807) is 0 Å². The molecule has 0 aromatic heterocycles. The van der Waals surface area contributed by atoms with Crippen LogP contribution in [0.1, 0.15) is 44.3 Å². The minimum atomic E-state index is -0.238. The van der Waals surface area contributed by atoms with E-state index >= 15 is 0 Å². The van der Waals surface area contributed by atoms with Gasteiger partial charge in [0.1, 0.15) is 6.10 Å². The molecule has 2 rings (SSSR count). The van der Waals surface area contributed by atoms with Crippen molar-refractivity contribution in [1.82, 2.24) is 0 Å². The van der Waals surface area contributed by atoms with Gasteiger partial charge in [0, 0.05) is 18.2 Å². The molecule has 18 heavy (non-hydrogen) atoms. The van der Waals surface area contributed by atoms with Crippen LogP contribution >= 0.6 is 11.6 Å². The Bertz CT molecular complexity index is 391. The van der Waals surface area contributed by atoms with Crippen molar-refractivity contribution >= 4 is 17.6 Å². The summed E-state index contributed by atoms with van der Waals surface area (Å²) in [4.78, 5) is 11.3. The molecule has 1 aliphatic carbocycles. The molecule has 0 N–H and O–H groups in total. The van der Waals surface area contributed by atoms with Crippen molar-refractivity contribution in [2.45, 2.75) is 44.1 Å². The lowest BCUT2D eigenvalue weighted by Gasteiger charge is -2.33. The third kappa shape index (κ3) is 3.26. The zero-order valence-corrected chi connectivity index (χ0v) is 11.4. The Morgan fingerprint density at radius 1 is 1.28 bits per heavy atom. The fourth-order valence-electron chi connectivity index (χ4n) is 2.68. The zero-order valence-electron chi connectivity index (χ0n) is 10.6. The van der Waals surface area contributed by atoms with Gasteiger partial charge in [0.05, 0.1) is 0 Å². The van der Waals surface area contributed by atoms with Crippen LogP contribution in [0.3, 0.4) is 0 Å². The Labute approximate surface area is 113 Å². The van der Waals surface area contributed by atoms with Gasteiger partial charge >= 0.3 is 5.97 Å². The molecule has 0 radical (unpaired) electrons. The molecule has 3 atom stereocenters. The number of esters is 1. The van der Waals surface area contributed by atoms with E-state index in [1.165, 1.54) is 19.8 Å². The molecule has 1 aliphatic rings. The number of halogens is 1. The first kappa shape index (κ1) is 13.4. The molecular formula is C15H19ClO2. The minimum Gasteiger partial charge on any atom is -0.457 e. The Morgan fingerprint density at radius 3 is 2.56 bits per heavy atom. The number of benzene rings is 1. The number of hydrogen-bond donors (Lipinski definition) is 0. The molecular weight excluding hydrogens is 248 g/mol. The quantitative estimate of drug-likeness (QED) is 0.608. The van der Waals surface area contributed by atoms with Crippen molar-refractivity contribution in [3.8, 4) is 0 Å². The smallest absolute Gasteiger partial charge is 0.303 e. The van der Waals surface area contributed by atoms with E-state index in [2.05, 4.69) is 0 Å². The van der Waals surface area contributed by atoms with Crippen LogP contribution in [0.5, 0.6) is 0 Å². The monoisotopic (exact) mass is 266 g/mol. The van der Waals surface area contributed by atoms with E-state index in [0.717, 1.165) is 18.4 Å². The Balaban J connectivity index is 2.21. The van der Waals surface area contributed by atoms with Gasteiger partial charge in [-0.3, -0.25) is 4.79 Å². The van der Waals surface area contributed by atoms with E-state index in [0.29, 0.717) is 0 Å². The number of hydrogen-bond acceptors (Lipinski definition) is 2. The second-order valence-corrected chi connectivity index (χ2v) is 5.47.